The maximum Gasteiger partial charge on any atom is 0.416 e. The molecule has 1 aromatic heterocycles. The first-order valence-electron chi connectivity index (χ1n) is 9.85. The summed E-state index contributed by atoms with van der Waals surface area (Å²) in [6, 6.07) is 10.6. The third-order valence-corrected chi connectivity index (χ3v) is 6.13. The van der Waals surface area contributed by atoms with Gasteiger partial charge in [-0.1, -0.05) is 30.3 Å². The van der Waals surface area contributed by atoms with E-state index in [9.17, 15) is 31.1 Å². The predicted octanol–water partition coefficient (Wildman–Crippen LogP) is 5.99. The molecule has 0 fully saturated rings. The summed E-state index contributed by atoms with van der Waals surface area (Å²) in [6.45, 7) is 2.05. The van der Waals surface area contributed by atoms with Crippen molar-refractivity contribution in [3.05, 3.63) is 81.4 Å². The summed E-state index contributed by atoms with van der Waals surface area (Å²) in [6.07, 6.45) is -9.44. The molecule has 0 radical (unpaired) electrons. The second-order valence-electron chi connectivity index (χ2n) is 7.58. The molecule has 0 bridgehead atoms. The number of fused-ring (bicyclic) bond motifs is 1. The fraction of sp³-hybridized carbons (Fsp3) is 0.273. The van der Waals surface area contributed by atoms with Crippen molar-refractivity contribution in [1.82, 2.24) is 9.88 Å². The Labute approximate surface area is 188 Å². The van der Waals surface area contributed by atoms with E-state index in [1.165, 1.54) is 0 Å². The molecule has 1 amide bonds. The molecule has 174 valence electrons. The number of anilines is 1. The van der Waals surface area contributed by atoms with Crippen molar-refractivity contribution in [2.24, 2.45) is 0 Å². The van der Waals surface area contributed by atoms with E-state index in [0.29, 0.717) is 25.1 Å². The molecule has 1 aliphatic rings. The lowest BCUT2D eigenvalue weighted by Gasteiger charge is -2.25. The molecular formula is C22H17F6N3OS. The highest BCUT2D eigenvalue weighted by atomic mass is 32.1. The maximum absolute atomic E-state index is 13.1. The number of nitrogens with zero attached hydrogens (tertiary/aromatic N) is 2. The van der Waals surface area contributed by atoms with Gasteiger partial charge in [-0.3, -0.25) is 15.0 Å². The zero-order chi connectivity index (χ0) is 23.8. The van der Waals surface area contributed by atoms with Gasteiger partial charge in [0.15, 0.2) is 5.13 Å². The van der Waals surface area contributed by atoms with Crippen LogP contribution in [0, 0.1) is 0 Å². The molecule has 0 saturated heterocycles. The third kappa shape index (κ3) is 5.53. The van der Waals surface area contributed by atoms with E-state index in [1.54, 1.807) is 0 Å². The smallest absolute Gasteiger partial charge is 0.298 e. The Hall–Kier alpha value is -2.92. The fourth-order valence-electron chi connectivity index (χ4n) is 3.53. The summed E-state index contributed by atoms with van der Waals surface area (Å²) in [5.41, 5.74) is -1.92. The minimum Gasteiger partial charge on any atom is -0.298 e. The van der Waals surface area contributed by atoms with Crippen molar-refractivity contribution >= 4 is 22.4 Å². The zero-order valence-electron chi connectivity index (χ0n) is 16.9. The maximum atomic E-state index is 13.1. The van der Waals surface area contributed by atoms with E-state index in [0.717, 1.165) is 40.6 Å². The lowest BCUT2D eigenvalue weighted by Crippen LogP contribution is -2.29. The van der Waals surface area contributed by atoms with E-state index in [1.807, 2.05) is 30.3 Å². The van der Waals surface area contributed by atoms with Gasteiger partial charge in [0.2, 0.25) is 0 Å². The number of alkyl halides is 6. The number of amides is 1. The number of aromatic nitrogens is 1. The van der Waals surface area contributed by atoms with Gasteiger partial charge in [-0.25, -0.2) is 4.98 Å². The molecule has 0 atom stereocenters. The van der Waals surface area contributed by atoms with E-state index in [2.05, 4.69) is 15.2 Å². The summed E-state index contributed by atoms with van der Waals surface area (Å²) in [4.78, 5) is 19.9. The second kappa shape index (κ2) is 8.79. The number of benzene rings is 2. The molecule has 0 aliphatic carbocycles. The van der Waals surface area contributed by atoms with Gasteiger partial charge in [-0.2, -0.15) is 26.3 Å². The molecule has 0 spiro atoms. The van der Waals surface area contributed by atoms with Crippen LogP contribution in [0.1, 0.15) is 37.6 Å². The first-order chi connectivity index (χ1) is 15.5. The number of nitrogens with one attached hydrogen (secondary N) is 1. The van der Waals surface area contributed by atoms with Crippen molar-refractivity contribution in [2.75, 3.05) is 11.9 Å². The topological polar surface area (TPSA) is 45.2 Å². The van der Waals surface area contributed by atoms with Crippen LogP contribution >= 0.6 is 11.3 Å². The van der Waals surface area contributed by atoms with Crippen LogP contribution in [0.25, 0.3) is 0 Å². The number of carbonyl (C=O) groups excluding carboxylic acids is 1. The quantitative estimate of drug-likeness (QED) is 0.462. The van der Waals surface area contributed by atoms with Crippen LogP contribution in [0.15, 0.2) is 48.5 Å². The van der Waals surface area contributed by atoms with Gasteiger partial charge >= 0.3 is 12.4 Å². The third-order valence-electron chi connectivity index (χ3n) is 5.13. The minimum atomic E-state index is -5.03. The second-order valence-corrected chi connectivity index (χ2v) is 8.67. The van der Waals surface area contributed by atoms with Crippen LogP contribution in [0.4, 0.5) is 31.5 Å². The molecule has 1 N–H and O–H groups in total. The van der Waals surface area contributed by atoms with Gasteiger partial charge in [-0.15, -0.1) is 11.3 Å². The Morgan fingerprint density at radius 3 is 2.24 bits per heavy atom. The highest BCUT2D eigenvalue weighted by Gasteiger charge is 2.37. The van der Waals surface area contributed by atoms with Crippen LogP contribution in [-0.2, 0) is 31.9 Å². The summed E-state index contributed by atoms with van der Waals surface area (Å²) in [7, 11) is 0. The Balaban J connectivity index is 1.51. The predicted molar refractivity (Wildman–Crippen MR) is 111 cm³/mol. The molecule has 1 aliphatic heterocycles. The average Bonchev–Trinajstić information content (AvgIpc) is 3.14. The number of halogens is 6. The van der Waals surface area contributed by atoms with E-state index >= 15 is 0 Å². The van der Waals surface area contributed by atoms with Crippen molar-refractivity contribution in [3.63, 3.8) is 0 Å². The van der Waals surface area contributed by atoms with Gasteiger partial charge in [0.05, 0.1) is 16.8 Å². The Morgan fingerprint density at radius 1 is 1.00 bits per heavy atom. The lowest BCUT2D eigenvalue weighted by molar-refractivity contribution is -0.143. The van der Waals surface area contributed by atoms with Gasteiger partial charge in [0.25, 0.3) is 5.91 Å². The van der Waals surface area contributed by atoms with Gasteiger partial charge < -0.3 is 0 Å². The minimum absolute atomic E-state index is 0.0137. The van der Waals surface area contributed by atoms with Crippen LogP contribution in [0.5, 0.6) is 0 Å². The summed E-state index contributed by atoms with van der Waals surface area (Å²) >= 11 is 1.16. The van der Waals surface area contributed by atoms with Gasteiger partial charge in [0.1, 0.15) is 0 Å². The zero-order valence-corrected chi connectivity index (χ0v) is 17.7. The van der Waals surface area contributed by atoms with Crippen LogP contribution in [-0.4, -0.2) is 22.3 Å². The standard InChI is InChI=1S/C22H17F6N3OS/c23-21(24,25)15-8-14(9-16(10-15)22(26,27)28)19(32)30-20-29-17-6-7-31(12-18(17)33-20)11-13-4-2-1-3-5-13/h1-5,8-10H,6-7,11-12H2,(H,29,30,32). The normalized spacial score (nSPS) is 14.7. The first kappa shape index (κ1) is 23.2. The summed E-state index contributed by atoms with van der Waals surface area (Å²) in [5.74, 6) is -1.08. The first-order valence-corrected chi connectivity index (χ1v) is 10.7. The van der Waals surface area contributed by atoms with Gasteiger partial charge in [-0.05, 0) is 23.8 Å². The van der Waals surface area contributed by atoms with Crippen molar-refractivity contribution in [2.45, 2.75) is 31.9 Å². The van der Waals surface area contributed by atoms with E-state index < -0.39 is 35.0 Å². The molecule has 33 heavy (non-hydrogen) atoms. The van der Waals surface area contributed by atoms with Crippen LogP contribution < -0.4 is 5.32 Å². The Bertz CT molecular complexity index is 1120. The molecule has 0 saturated carbocycles. The van der Waals surface area contributed by atoms with Crippen LogP contribution in [0.2, 0.25) is 0 Å². The molecule has 3 aromatic rings. The SMILES string of the molecule is O=C(Nc1nc2c(s1)CN(Cc1ccccc1)CC2)c1cc(C(F)(F)F)cc(C(F)(F)F)c1. The number of rotatable bonds is 4. The number of carbonyl (C=O) groups is 1. The number of thiazole rings is 1. The monoisotopic (exact) mass is 485 g/mol. The van der Waals surface area contributed by atoms with Crippen LogP contribution in [0.3, 0.4) is 0 Å². The molecular weight excluding hydrogens is 468 g/mol. The molecule has 11 heteroatoms. The number of hydrogen-bond acceptors (Lipinski definition) is 4. The molecule has 4 rings (SSSR count). The summed E-state index contributed by atoms with van der Waals surface area (Å²) < 4.78 is 78.4. The summed E-state index contributed by atoms with van der Waals surface area (Å²) in [5, 5.41) is 2.49. The van der Waals surface area contributed by atoms with Gasteiger partial charge in [0, 0.05) is 36.5 Å². The number of hydrogen-bond donors (Lipinski definition) is 1. The van der Waals surface area contributed by atoms with E-state index in [-0.39, 0.29) is 11.2 Å². The lowest BCUT2D eigenvalue weighted by atomic mass is 10.0. The highest BCUT2D eigenvalue weighted by Crippen LogP contribution is 2.37. The molecule has 4 nitrogen and oxygen atoms in total. The molecule has 2 heterocycles. The Morgan fingerprint density at radius 2 is 1.64 bits per heavy atom. The van der Waals surface area contributed by atoms with Crippen molar-refractivity contribution < 1.29 is 31.1 Å². The van der Waals surface area contributed by atoms with Crippen molar-refractivity contribution in [3.8, 4) is 0 Å². The molecule has 2 aromatic carbocycles. The van der Waals surface area contributed by atoms with E-state index in [4.69, 9.17) is 0 Å². The average molecular weight is 485 g/mol. The highest BCUT2D eigenvalue weighted by molar-refractivity contribution is 7.15. The molecule has 0 unspecified atom stereocenters. The van der Waals surface area contributed by atoms with Crippen molar-refractivity contribution in [1.29, 1.82) is 0 Å². The fourth-order valence-corrected chi connectivity index (χ4v) is 4.58. The largest absolute Gasteiger partial charge is 0.416 e. The Kier molecular flexibility index (Phi) is 6.19.